The number of fused-ring (bicyclic) bond motifs is 2. The molecule has 0 radical (unpaired) electrons. The molecule has 5 aromatic heterocycles. The van der Waals surface area contributed by atoms with Crippen LogP contribution >= 0.6 is 0 Å². The Morgan fingerprint density at radius 3 is 2.74 bits per heavy atom. The molecule has 0 aliphatic rings. The number of anilines is 1. The van der Waals surface area contributed by atoms with Crippen LogP contribution in [-0.2, 0) is 4.79 Å². The predicted molar refractivity (Wildman–Crippen MR) is 165 cm³/mol. The minimum atomic E-state index is -0.379. The lowest BCUT2D eigenvalue weighted by atomic mass is 10.0. The Morgan fingerprint density at radius 2 is 1.93 bits per heavy atom. The van der Waals surface area contributed by atoms with Crippen molar-refractivity contribution in [1.29, 1.82) is 0 Å². The Labute approximate surface area is 247 Å². The molecule has 0 saturated heterocycles. The van der Waals surface area contributed by atoms with Gasteiger partial charge in [0, 0.05) is 41.9 Å². The highest BCUT2D eigenvalue weighted by Crippen LogP contribution is 2.35. The van der Waals surface area contributed by atoms with Crippen LogP contribution in [0.4, 0.5) is 10.1 Å². The quantitative estimate of drug-likeness (QED) is 0.195. The fraction of sp³-hybridized carbons (Fsp3) is 0.219. The number of hydrogen-bond acceptors (Lipinski definition) is 7. The number of halogens is 1. The van der Waals surface area contributed by atoms with Gasteiger partial charge in [-0.2, -0.15) is 5.10 Å². The Hall–Kier alpha value is -5.16. The number of ether oxygens (including phenoxy) is 1. The highest BCUT2D eigenvalue weighted by Gasteiger charge is 2.17. The number of rotatable bonds is 9. The largest absolute Gasteiger partial charge is 0.492 e. The first kappa shape index (κ1) is 28.0. The maximum absolute atomic E-state index is 14.6. The average molecular weight is 579 g/mol. The van der Waals surface area contributed by atoms with Crippen LogP contribution in [0.2, 0.25) is 0 Å². The van der Waals surface area contributed by atoms with Crippen LogP contribution in [0.15, 0.2) is 67.1 Å². The molecule has 6 aromatic rings. The van der Waals surface area contributed by atoms with Crippen molar-refractivity contribution in [3.63, 3.8) is 0 Å². The van der Waals surface area contributed by atoms with E-state index in [4.69, 9.17) is 9.72 Å². The molecule has 1 aromatic carbocycles. The standard InChI is InChI=1S/C32H31FN8O2/c1-18(2)32(42)36-22-12-20(16-34-17-22)26-5-6-27-29(37-26)30(40-39-27)28-15-25-24(7-8-35-31(25)38-28)19-11-21(33)14-23(13-19)43-10-9-41(3)4/h5-8,11-18H,9-10H2,1-4H3,(H,35,38)(H,36,42)(H,39,40). The van der Waals surface area contributed by atoms with E-state index in [0.717, 1.165) is 28.6 Å². The SMILES string of the molecule is CC(C)C(=O)Nc1cncc(-c2ccc3[nH]nc(-c4cc5c(-c6cc(F)cc(OCCN(C)C)c6)ccnc5[nH]4)c3n2)c1. The molecule has 0 aliphatic carbocycles. The van der Waals surface area contributed by atoms with Gasteiger partial charge in [-0.1, -0.05) is 13.8 Å². The first-order valence-electron chi connectivity index (χ1n) is 13.9. The van der Waals surface area contributed by atoms with Crippen LogP contribution < -0.4 is 10.1 Å². The number of H-pyrrole nitrogens is 2. The zero-order chi connectivity index (χ0) is 30.1. The normalized spacial score (nSPS) is 11.6. The molecule has 10 nitrogen and oxygen atoms in total. The summed E-state index contributed by atoms with van der Waals surface area (Å²) in [7, 11) is 3.92. The van der Waals surface area contributed by atoms with Crippen molar-refractivity contribution < 1.29 is 13.9 Å². The van der Waals surface area contributed by atoms with Crippen LogP contribution in [0.3, 0.4) is 0 Å². The van der Waals surface area contributed by atoms with Crippen LogP contribution in [0.5, 0.6) is 5.75 Å². The number of nitrogens with zero attached hydrogens (tertiary/aromatic N) is 5. The summed E-state index contributed by atoms with van der Waals surface area (Å²) in [6.45, 7) is 4.84. The van der Waals surface area contributed by atoms with Gasteiger partial charge in [0.1, 0.15) is 35.0 Å². The van der Waals surface area contributed by atoms with Gasteiger partial charge < -0.3 is 19.9 Å². The molecular formula is C32H31FN8O2. The van der Waals surface area contributed by atoms with E-state index in [-0.39, 0.29) is 17.6 Å². The van der Waals surface area contributed by atoms with E-state index in [1.807, 2.05) is 69.2 Å². The summed E-state index contributed by atoms with van der Waals surface area (Å²) in [6.07, 6.45) is 5.00. The number of aromatic amines is 2. The Bertz CT molecular complexity index is 1950. The Balaban J connectivity index is 1.36. The molecule has 5 heterocycles. The second-order valence-corrected chi connectivity index (χ2v) is 10.9. The molecule has 3 N–H and O–H groups in total. The van der Waals surface area contributed by atoms with Crippen LogP contribution in [0, 0.1) is 11.7 Å². The van der Waals surface area contributed by atoms with Crippen molar-refractivity contribution in [1.82, 2.24) is 35.0 Å². The fourth-order valence-electron chi connectivity index (χ4n) is 4.74. The lowest BCUT2D eigenvalue weighted by Gasteiger charge is -2.12. The van der Waals surface area contributed by atoms with Crippen LogP contribution in [0.1, 0.15) is 13.8 Å². The fourth-order valence-corrected chi connectivity index (χ4v) is 4.74. The van der Waals surface area contributed by atoms with Gasteiger partial charge in [-0.05, 0) is 67.7 Å². The molecule has 6 rings (SSSR count). The van der Waals surface area contributed by atoms with Crippen molar-refractivity contribution in [2.45, 2.75) is 13.8 Å². The van der Waals surface area contributed by atoms with E-state index < -0.39 is 0 Å². The minimum absolute atomic E-state index is 0.0856. The van der Waals surface area contributed by atoms with Crippen molar-refractivity contribution in [2.75, 3.05) is 32.6 Å². The molecule has 0 spiro atoms. The number of amides is 1. The third kappa shape index (κ3) is 5.93. The van der Waals surface area contributed by atoms with Crippen molar-refractivity contribution >= 4 is 33.7 Å². The van der Waals surface area contributed by atoms with E-state index >= 15 is 0 Å². The molecular weight excluding hydrogens is 547 g/mol. The van der Waals surface area contributed by atoms with Gasteiger partial charge in [0.15, 0.2) is 0 Å². The highest BCUT2D eigenvalue weighted by atomic mass is 19.1. The maximum Gasteiger partial charge on any atom is 0.226 e. The number of carbonyl (C=O) groups excluding carboxylic acids is 1. The van der Waals surface area contributed by atoms with Crippen molar-refractivity contribution in [3.05, 3.63) is 72.9 Å². The summed E-state index contributed by atoms with van der Waals surface area (Å²) in [5, 5.41) is 11.3. The Morgan fingerprint density at radius 1 is 1.07 bits per heavy atom. The number of pyridine rings is 3. The van der Waals surface area contributed by atoms with Gasteiger partial charge in [0.05, 0.1) is 28.8 Å². The van der Waals surface area contributed by atoms with Crippen LogP contribution in [0.25, 0.3) is 55.8 Å². The van der Waals surface area contributed by atoms with E-state index in [2.05, 4.69) is 30.5 Å². The zero-order valence-electron chi connectivity index (χ0n) is 24.3. The summed E-state index contributed by atoms with van der Waals surface area (Å²) in [5.74, 6) is -0.148. The summed E-state index contributed by atoms with van der Waals surface area (Å²) >= 11 is 0. The topological polar surface area (TPSA) is 125 Å². The molecule has 0 unspecified atom stereocenters. The number of nitrogens with one attached hydrogen (secondary N) is 3. The third-order valence-corrected chi connectivity index (χ3v) is 7.01. The third-order valence-electron chi connectivity index (χ3n) is 7.01. The molecule has 0 aliphatic heterocycles. The first-order valence-corrected chi connectivity index (χ1v) is 13.9. The molecule has 0 saturated carbocycles. The average Bonchev–Trinajstić information content (AvgIpc) is 3.60. The second-order valence-electron chi connectivity index (χ2n) is 10.9. The number of likely N-dealkylation sites (N-methyl/N-ethyl adjacent to an activating group) is 1. The minimum Gasteiger partial charge on any atom is -0.492 e. The molecule has 43 heavy (non-hydrogen) atoms. The van der Waals surface area contributed by atoms with Gasteiger partial charge in [0.25, 0.3) is 0 Å². The summed E-state index contributed by atoms with van der Waals surface area (Å²) in [6, 6.07) is 14.2. The monoisotopic (exact) mass is 578 g/mol. The van der Waals surface area contributed by atoms with Gasteiger partial charge >= 0.3 is 0 Å². The number of hydrogen-bond donors (Lipinski definition) is 3. The molecule has 0 bridgehead atoms. The highest BCUT2D eigenvalue weighted by molar-refractivity contribution is 5.99. The first-order chi connectivity index (χ1) is 20.7. The molecule has 11 heteroatoms. The predicted octanol–water partition coefficient (Wildman–Crippen LogP) is 5.90. The molecule has 0 atom stereocenters. The maximum atomic E-state index is 14.6. The molecule has 0 fully saturated rings. The van der Waals surface area contributed by atoms with Gasteiger partial charge in [-0.15, -0.1) is 0 Å². The summed E-state index contributed by atoms with van der Waals surface area (Å²) < 4.78 is 20.5. The van der Waals surface area contributed by atoms with Crippen LogP contribution in [-0.4, -0.2) is 68.2 Å². The van der Waals surface area contributed by atoms with E-state index in [0.29, 0.717) is 51.9 Å². The number of aromatic nitrogens is 6. The van der Waals surface area contributed by atoms with Gasteiger partial charge in [-0.25, -0.2) is 14.4 Å². The van der Waals surface area contributed by atoms with E-state index in [1.165, 1.54) is 12.1 Å². The summed E-state index contributed by atoms with van der Waals surface area (Å²) in [4.78, 5) is 31.3. The molecule has 218 valence electrons. The van der Waals surface area contributed by atoms with Gasteiger partial charge in [0.2, 0.25) is 5.91 Å². The van der Waals surface area contributed by atoms with Crippen molar-refractivity contribution in [3.8, 4) is 39.5 Å². The smallest absolute Gasteiger partial charge is 0.226 e. The van der Waals surface area contributed by atoms with Crippen molar-refractivity contribution in [2.24, 2.45) is 5.92 Å². The lowest BCUT2D eigenvalue weighted by Crippen LogP contribution is -2.19. The molecule has 1 amide bonds. The second kappa shape index (κ2) is 11.6. The number of benzene rings is 1. The van der Waals surface area contributed by atoms with E-state index in [1.54, 1.807) is 18.6 Å². The lowest BCUT2D eigenvalue weighted by molar-refractivity contribution is -0.118. The zero-order valence-corrected chi connectivity index (χ0v) is 24.3. The summed E-state index contributed by atoms with van der Waals surface area (Å²) in [5.41, 5.74) is 6.90. The number of carbonyl (C=O) groups is 1. The van der Waals surface area contributed by atoms with Gasteiger partial charge in [-0.3, -0.25) is 14.9 Å². The Kier molecular flexibility index (Phi) is 7.56. The van der Waals surface area contributed by atoms with E-state index in [9.17, 15) is 9.18 Å².